The lowest BCUT2D eigenvalue weighted by Gasteiger charge is -2.32. The molecule has 126 valence electrons. The third-order valence-electron chi connectivity index (χ3n) is 3.88. The van der Waals surface area contributed by atoms with Gasteiger partial charge in [-0.1, -0.05) is 31.1 Å². The van der Waals surface area contributed by atoms with Gasteiger partial charge in [0.2, 0.25) is 5.89 Å². The monoisotopic (exact) mass is 319 g/mol. The van der Waals surface area contributed by atoms with Crippen molar-refractivity contribution in [2.24, 2.45) is 5.92 Å². The van der Waals surface area contributed by atoms with Crippen molar-refractivity contribution in [3.8, 4) is 5.75 Å². The van der Waals surface area contributed by atoms with Gasteiger partial charge in [-0.15, -0.1) is 0 Å². The summed E-state index contributed by atoms with van der Waals surface area (Å²) in [6, 6.07) is 7.95. The van der Waals surface area contributed by atoms with E-state index in [0.29, 0.717) is 30.7 Å². The number of rotatable bonds is 8. The molecule has 0 bridgehead atoms. The molecular formula is C17H25N3O3. The van der Waals surface area contributed by atoms with Crippen LogP contribution in [-0.2, 0) is 13.1 Å². The first-order valence-corrected chi connectivity index (χ1v) is 7.80. The standard InChI is InChI=1S/C17H25N3O3/c1-12(2)16(11-21)20(10-17-18-13(3)19-23-17)9-14-5-7-15(22-4)8-6-14/h5-8,12,16,21H,9-11H2,1-4H3/t16-/m1/s1. The van der Waals surface area contributed by atoms with Gasteiger partial charge in [-0.25, -0.2) is 0 Å². The second-order valence-corrected chi connectivity index (χ2v) is 5.98. The Kier molecular flexibility index (Phi) is 6.12. The Morgan fingerprint density at radius 3 is 2.39 bits per heavy atom. The zero-order chi connectivity index (χ0) is 16.8. The molecule has 2 rings (SSSR count). The third-order valence-corrected chi connectivity index (χ3v) is 3.88. The molecule has 6 nitrogen and oxygen atoms in total. The van der Waals surface area contributed by atoms with Gasteiger partial charge < -0.3 is 14.4 Å². The smallest absolute Gasteiger partial charge is 0.240 e. The number of aromatic nitrogens is 2. The van der Waals surface area contributed by atoms with E-state index in [4.69, 9.17) is 9.26 Å². The Morgan fingerprint density at radius 1 is 1.22 bits per heavy atom. The van der Waals surface area contributed by atoms with Gasteiger partial charge in [0.05, 0.1) is 20.3 Å². The maximum atomic E-state index is 9.78. The van der Waals surface area contributed by atoms with E-state index < -0.39 is 0 Å². The molecule has 0 saturated heterocycles. The minimum absolute atomic E-state index is 0.0179. The van der Waals surface area contributed by atoms with Crippen molar-refractivity contribution in [1.29, 1.82) is 0 Å². The van der Waals surface area contributed by atoms with Crippen LogP contribution in [0.5, 0.6) is 5.75 Å². The molecule has 0 amide bonds. The van der Waals surface area contributed by atoms with Crippen LogP contribution in [0.15, 0.2) is 28.8 Å². The molecule has 1 heterocycles. The maximum Gasteiger partial charge on any atom is 0.240 e. The second-order valence-electron chi connectivity index (χ2n) is 5.98. The van der Waals surface area contributed by atoms with Gasteiger partial charge in [-0.05, 0) is 30.5 Å². The lowest BCUT2D eigenvalue weighted by Crippen LogP contribution is -2.40. The molecule has 1 N–H and O–H groups in total. The van der Waals surface area contributed by atoms with Crippen LogP contribution in [0, 0.1) is 12.8 Å². The molecule has 0 fully saturated rings. The summed E-state index contributed by atoms with van der Waals surface area (Å²) < 4.78 is 10.4. The van der Waals surface area contributed by atoms with Crippen LogP contribution in [0.25, 0.3) is 0 Å². The van der Waals surface area contributed by atoms with Crippen molar-refractivity contribution in [3.05, 3.63) is 41.5 Å². The fraction of sp³-hybridized carbons (Fsp3) is 0.529. The topological polar surface area (TPSA) is 71.6 Å². The van der Waals surface area contributed by atoms with Crippen LogP contribution in [0.1, 0.15) is 31.1 Å². The Bertz CT molecular complexity index is 595. The second kappa shape index (κ2) is 8.08. The van der Waals surface area contributed by atoms with Gasteiger partial charge in [-0.2, -0.15) is 4.98 Å². The van der Waals surface area contributed by atoms with Gasteiger partial charge in [0, 0.05) is 12.6 Å². The average Bonchev–Trinajstić information content (AvgIpc) is 2.93. The minimum atomic E-state index is 0.0179. The summed E-state index contributed by atoms with van der Waals surface area (Å²) in [4.78, 5) is 6.44. The zero-order valence-electron chi connectivity index (χ0n) is 14.2. The molecule has 0 aliphatic heterocycles. The molecule has 0 unspecified atom stereocenters. The Balaban J connectivity index is 2.17. The number of aryl methyl sites for hydroxylation is 1. The Labute approximate surface area is 137 Å². The SMILES string of the molecule is COc1ccc(CN(Cc2nc(C)no2)[C@H](CO)C(C)C)cc1. The predicted octanol–water partition coefficient (Wildman–Crippen LogP) is 2.41. The van der Waals surface area contributed by atoms with Crippen molar-refractivity contribution < 1.29 is 14.4 Å². The normalized spacial score (nSPS) is 12.8. The molecule has 0 saturated carbocycles. The molecule has 1 aromatic carbocycles. The number of nitrogens with zero attached hydrogens (tertiary/aromatic N) is 3. The lowest BCUT2D eigenvalue weighted by molar-refractivity contribution is 0.0695. The highest BCUT2D eigenvalue weighted by Gasteiger charge is 2.23. The summed E-state index contributed by atoms with van der Waals surface area (Å²) in [5.74, 6) is 2.32. The van der Waals surface area contributed by atoms with Crippen LogP contribution in [0.2, 0.25) is 0 Å². The largest absolute Gasteiger partial charge is 0.497 e. The van der Waals surface area contributed by atoms with Gasteiger partial charge in [0.25, 0.3) is 0 Å². The highest BCUT2D eigenvalue weighted by Crippen LogP contribution is 2.19. The van der Waals surface area contributed by atoms with E-state index in [1.54, 1.807) is 14.0 Å². The molecule has 0 aliphatic rings. The summed E-state index contributed by atoms with van der Waals surface area (Å²) in [5.41, 5.74) is 1.14. The van der Waals surface area contributed by atoms with E-state index in [-0.39, 0.29) is 12.6 Å². The summed E-state index contributed by atoms with van der Waals surface area (Å²) in [7, 11) is 1.65. The first kappa shape index (κ1) is 17.4. The number of ether oxygens (including phenoxy) is 1. The molecule has 1 atom stereocenters. The molecule has 0 aliphatic carbocycles. The molecule has 2 aromatic rings. The average molecular weight is 319 g/mol. The van der Waals surface area contributed by atoms with Crippen LogP contribution in [0.4, 0.5) is 0 Å². The summed E-state index contributed by atoms with van der Waals surface area (Å²) in [6.45, 7) is 7.28. The van der Waals surface area contributed by atoms with Crippen LogP contribution < -0.4 is 4.74 Å². The van der Waals surface area contributed by atoms with Gasteiger partial charge in [0.15, 0.2) is 5.82 Å². The van der Waals surface area contributed by atoms with E-state index in [9.17, 15) is 5.11 Å². The van der Waals surface area contributed by atoms with Crippen molar-refractivity contribution in [1.82, 2.24) is 15.0 Å². The number of aliphatic hydroxyl groups is 1. The number of hydrogen-bond acceptors (Lipinski definition) is 6. The summed E-state index contributed by atoms with van der Waals surface area (Å²) in [5, 5.41) is 13.6. The zero-order valence-corrected chi connectivity index (χ0v) is 14.2. The molecule has 1 aromatic heterocycles. The van der Waals surface area contributed by atoms with Gasteiger partial charge >= 0.3 is 0 Å². The fourth-order valence-electron chi connectivity index (χ4n) is 2.58. The van der Waals surface area contributed by atoms with Crippen molar-refractivity contribution in [2.75, 3.05) is 13.7 Å². The predicted molar refractivity (Wildman–Crippen MR) is 87.0 cm³/mol. The molecule has 6 heteroatoms. The minimum Gasteiger partial charge on any atom is -0.497 e. The first-order chi connectivity index (χ1) is 11.0. The van der Waals surface area contributed by atoms with Crippen molar-refractivity contribution >= 4 is 0 Å². The third kappa shape index (κ3) is 4.77. The van der Waals surface area contributed by atoms with Crippen LogP contribution in [0.3, 0.4) is 0 Å². The van der Waals surface area contributed by atoms with E-state index in [0.717, 1.165) is 11.3 Å². The molecular weight excluding hydrogens is 294 g/mol. The Morgan fingerprint density at radius 2 is 1.91 bits per heavy atom. The molecule has 23 heavy (non-hydrogen) atoms. The van der Waals surface area contributed by atoms with Gasteiger partial charge in [0.1, 0.15) is 5.75 Å². The highest BCUT2D eigenvalue weighted by atomic mass is 16.5. The van der Waals surface area contributed by atoms with Crippen molar-refractivity contribution in [3.63, 3.8) is 0 Å². The van der Waals surface area contributed by atoms with Crippen LogP contribution >= 0.6 is 0 Å². The molecule has 0 spiro atoms. The quantitative estimate of drug-likeness (QED) is 0.805. The maximum absolute atomic E-state index is 9.78. The van der Waals surface area contributed by atoms with E-state index >= 15 is 0 Å². The lowest BCUT2D eigenvalue weighted by atomic mass is 10.0. The summed E-state index contributed by atoms with van der Waals surface area (Å²) >= 11 is 0. The first-order valence-electron chi connectivity index (χ1n) is 7.80. The van der Waals surface area contributed by atoms with E-state index in [1.165, 1.54) is 0 Å². The van der Waals surface area contributed by atoms with E-state index in [1.807, 2.05) is 24.3 Å². The number of hydrogen-bond donors (Lipinski definition) is 1. The number of aliphatic hydroxyl groups excluding tert-OH is 1. The fourth-order valence-corrected chi connectivity index (χ4v) is 2.58. The van der Waals surface area contributed by atoms with Crippen molar-refractivity contribution in [2.45, 2.75) is 39.9 Å². The van der Waals surface area contributed by atoms with Crippen LogP contribution in [-0.4, -0.2) is 39.9 Å². The highest BCUT2D eigenvalue weighted by molar-refractivity contribution is 5.27. The molecule has 0 radical (unpaired) electrons. The van der Waals surface area contributed by atoms with Gasteiger partial charge in [-0.3, -0.25) is 4.90 Å². The number of benzene rings is 1. The Hall–Kier alpha value is -1.92. The summed E-state index contributed by atoms with van der Waals surface area (Å²) in [6.07, 6.45) is 0. The van der Waals surface area contributed by atoms with E-state index in [2.05, 4.69) is 28.9 Å². The number of methoxy groups -OCH3 is 1.